The summed E-state index contributed by atoms with van der Waals surface area (Å²) in [6.45, 7) is 6.65. The van der Waals surface area contributed by atoms with Crippen molar-refractivity contribution in [2.75, 3.05) is 27.3 Å². The van der Waals surface area contributed by atoms with Crippen molar-refractivity contribution in [3.05, 3.63) is 41.5 Å². The van der Waals surface area contributed by atoms with Crippen LogP contribution < -0.4 is 15.4 Å². The number of halogens is 1. The van der Waals surface area contributed by atoms with Crippen LogP contribution in [0.5, 0.6) is 5.75 Å². The second-order valence-corrected chi connectivity index (χ2v) is 5.94. The number of rotatable bonds is 9. The molecule has 10 heteroatoms. The SMILES string of the molecule is CCNC(=NCc1ccc(OC)c(C(=O)OC)c1)NCCn1cnnc1CC.I. The third-order valence-corrected chi connectivity index (χ3v) is 4.09. The highest BCUT2D eigenvalue weighted by Gasteiger charge is 2.13. The number of benzene rings is 1. The highest BCUT2D eigenvalue weighted by atomic mass is 127. The lowest BCUT2D eigenvalue weighted by atomic mass is 10.1. The van der Waals surface area contributed by atoms with Crippen molar-refractivity contribution in [1.29, 1.82) is 0 Å². The standard InChI is InChI=1S/C19H28N6O3.HI/c1-5-17-24-23-13-25(17)10-9-21-19(20-6-2)22-12-14-7-8-16(27-3)15(11-14)18(26)28-4;/h7-8,11,13H,5-6,9-10,12H2,1-4H3,(H2,20,21,22);1H. The molecule has 2 aromatic rings. The van der Waals surface area contributed by atoms with Gasteiger partial charge < -0.3 is 24.7 Å². The van der Waals surface area contributed by atoms with Crippen LogP contribution in [0.15, 0.2) is 29.5 Å². The van der Waals surface area contributed by atoms with Crippen LogP contribution in [0.3, 0.4) is 0 Å². The molecule has 0 aliphatic heterocycles. The molecule has 1 heterocycles. The minimum Gasteiger partial charge on any atom is -0.496 e. The van der Waals surface area contributed by atoms with Gasteiger partial charge in [-0.3, -0.25) is 0 Å². The van der Waals surface area contributed by atoms with Gasteiger partial charge in [0.2, 0.25) is 0 Å². The zero-order valence-electron chi connectivity index (χ0n) is 17.3. The predicted molar refractivity (Wildman–Crippen MR) is 122 cm³/mol. The van der Waals surface area contributed by atoms with E-state index in [9.17, 15) is 4.79 Å². The van der Waals surface area contributed by atoms with Crippen molar-refractivity contribution in [3.8, 4) is 5.75 Å². The van der Waals surface area contributed by atoms with Gasteiger partial charge in [-0.25, -0.2) is 9.79 Å². The zero-order chi connectivity index (χ0) is 20.4. The summed E-state index contributed by atoms with van der Waals surface area (Å²) >= 11 is 0. The molecule has 0 saturated heterocycles. The molecule has 1 aromatic carbocycles. The van der Waals surface area contributed by atoms with Gasteiger partial charge in [0.25, 0.3) is 0 Å². The van der Waals surface area contributed by atoms with E-state index in [0.29, 0.717) is 30.4 Å². The van der Waals surface area contributed by atoms with E-state index in [4.69, 9.17) is 9.47 Å². The number of aliphatic imine (C=N–C) groups is 1. The molecule has 29 heavy (non-hydrogen) atoms. The fourth-order valence-electron chi connectivity index (χ4n) is 2.67. The molecule has 0 amide bonds. The summed E-state index contributed by atoms with van der Waals surface area (Å²) < 4.78 is 12.1. The van der Waals surface area contributed by atoms with Gasteiger partial charge in [0, 0.05) is 26.1 Å². The first-order chi connectivity index (χ1) is 13.6. The Morgan fingerprint density at radius 3 is 2.69 bits per heavy atom. The smallest absolute Gasteiger partial charge is 0.341 e. The van der Waals surface area contributed by atoms with Crippen molar-refractivity contribution in [1.82, 2.24) is 25.4 Å². The molecule has 2 N–H and O–H groups in total. The monoisotopic (exact) mass is 516 g/mol. The minimum atomic E-state index is -0.437. The molecule has 0 unspecified atom stereocenters. The lowest BCUT2D eigenvalue weighted by Crippen LogP contribution is -2.38. The Morgan fingerprint density at radius 1 is 1.24 bits per heavy atom. The van der Waals surface area contributed by atoms with Gasteiger partial charge >= 0.3 is 5.97 Å². The van der Waals surface area contributed by atoms with E-state index in [1.54, 1.807) is 18.5 Å². The van der Waals surface area contributed by atoms with E-state index in [1.807, 2.05) is 17.6 Å². The molecule has 0 bridgehead atoms. The van der Waals surface area contributed by atoms with Crippen LogP contribution in [0, 0.1) is 0 Å². The number of carbonyl (C=O) groups is 1. The van der Waals surface area contributed by atoms with Gasteiger partial charge in [0.1, 0.15) is 23.5 Å². The van der Waals surface area contributed by atoms with Crippen molar-refractivity contribution in [2.24, 2.45) is 4.99 Å². The number of guanidine groups is 1. The summed E-state index contributed by atoms with van der Waals surface area (Å²) in [5.41, 5.74) is 1.26. The molecule has 160 valence electrons. The maximum atomic E-state index is 11.9. The molecule has 2 rings (SSSR count). The summed E-state index contributed by atoms with van der Waals surface area (Å²) in [4.78, 5) is 16.5. The third kappa shape index (κ3) is 7.18. The number of hydrogen-bond donors (Lipinski definition) is 2. The van der Waals surface area contributed by atoms with E-state index < -0.39 is 5.97 Å². The largest absolute Gasteiger partial charge is 0.496 e. The number of nitrogens with one attached hydrogen (secondary N) is 2. The van der Waals surface area contributed by atoms with Crippen LogP contribution >= 0.6 is 24.0 Å². The van der Waals surface area contributed by atoms with Crippen LogP contribution in [0.2, 0.25) is 0 Å². The summed E-state index contributed by atoms with van der Waals surface area (Å²) in [5, 5.41) is 14.5. The number of aromatic nitrogens is 3. The van der Waals surface area contributed by atoms with E-state index in [2.05, 4.69) is 32.7 Å². The fraction of sp³-hybridized carbons (Fsp3) is 0.474. The lowest BCUT2D eigenvalue weighted by molar-refractivity contribution is 0.0597. The van der Waals surface area contributed by atoms with Gasteiger partial charge in [0.05, 0.1) is 20.8 Å². The van der Waals surface area contributed by atoms with E-state index in [0.717, 1.165) is 30.9 Å². The van der Waals surface area contributed by atoms with E-state index >= 15 is 0 Å². The lowest BCUT2D eigenvalue weighted by Gasteiger charge is -2.13. The Kier molecular flexibility index (Phi) is 11.0. The summed E-state index contributed by atoms with van der Waals surface area (Å²) in [7, 11) is 2.87. The van der Waals surface area contributed by atoms with Crippen molar-refractivity contribution in [3.63, 3.8) is 0 Å². The molecule has 0 atom stereocenters. The molecule has 0 spiro atoms. The van der Waals surface area contributed by atoms with Crippen LogP contribution in [-0.2, 0) is 24.2 Å². The summed E-state index contributed by atoms with van der Waals surface area (Å²) in [6, 6.07) is 5.36. The molecular weight excluding hydrogens is 487 g/mol. The average molecular weight is 516 g/mol. The molecule has 1 aromatic heterocycles. The van der Waals surface area contributed by atoms with Gasteiger partial charge in [-0.05, 0) is 24.6 Å². The molecule has 9 nitrogen and oxygen atoms in total. The van der Waals surface area contributed by atoms with Gasteiger partial charge in [-0.1, -0.05) is 13.0 Å². The molecule has 0 aliphatic carbocycles. The van der Waals surface area contributed by atoms with Crippen LogP contribution in [0.1, 0.15) is 35.6 Å². The average Bonchev–Trinajstić information content (AvgIpc) is 3.18. The highest BCUT2D eigenvalue weighted by molar-refractivity contribution is 14.0. The predicted octanol–water partition coefficient (Wildman–Crippen LogP) is 2.01. The molecule has 0 fully saturated rings. The number of nitrogens with zero attached hydrogens (tertiary/aromatic N) is 4. The van der Waals surface area contributed by atoms with Gasteiger partial charge in [-0.15, -0.1) is 34.2 Å². The zero-order valence-corrected chi connectivity index (χ0v) is 19.6. The number of methoxy groups -OCH3 is 2. The maximum Gasteiger partial charge on any atom is 0.341 e. The first-order valence-electron chi connectivity index (χ1n) is 9.27. The summed E-state index contributed by atoms with van der Waals surface area (Å²) in [6.07, 6.45) is 2.57. The van der Waals surface area contributed by atoms with Gasteiger partial charge in [-0.2, -0.15) is 0 Å². The Hall–Kier alpha value is -2.37. The van der Waals surface area contributed by atoms with Crippen molar-refractivity contribution < 1.29 is 14.3 Å². The normalized spacial score (nSPS) is 10.8. The van der Waals surface area contributed by atoms with Crippen LogP contribution in [0.25, 0.3) is 0 Å². The Labute approximate surface area is 188 Å². The molecule has 0 saturated carbocycles. The second-order valence-electron chi connectivity index (χ2n) is 5.94. The quantitative estimate of drug-likeness (QED) is 0.228. The first-order valence-corrected chi connectivity index (χ1v) is 9.27. The number of hydrogen-bond acceptors (Lipinski definition) is 6. The van der Waals surface area contributed by atoms with E-state index in [1.165, 1.54) is 14.2 Å². The Balaban J connectivity index is 0.00000420. The highest BCUT2D eigenvalue weighted by Crippen LogP contribution is 2.21. The van der Waals surface area contributed by atoms with Crippen LogP contribution in [-0.4, -0.2) is 54.0 Å². The Bertz CT molecular complexity index is 809. The molecule has 0 radical (unpaired) electrons. The summed E-state index contributed by atoms with van der Waals surface area (Å²) in [5.74, 6) is 1.69. The van der Waals surface area contributed by atoms with Crippen molar-refractivity contribution >= 4 is 35.9 Å². The first kappa shape index (κ1) is 24.7. The second kappa shape index (κ2) is 13.0. The minimum absolute atomic E-state index is 0. The molecule has 0 aliphatic rings. The number of carbonyl (C=O) groups excluding carboxylic acids is 1. The van der Waals surface area contributed by atoms with E-state index in [-0.39, 0.29) is 24.0 Å². The van der Waals surface area contributed by atoms with Gasteiger partial charge in [0.15, 0.2) is 5.96 Å². The number of ether oxygens (including phenoxy) is 2. The fourth-order valence-corrected chi connectivity index (χ4v) is 2.67. The van der Waals surface area contributed by atoms with Crippen molar-refractivity contribution in [2.45, 2.75) is 33.4 Å². The number of aryl methyl sites for hydroxylation is 1. The molecular formula is C19H29IN6O3. The number of esters is 1. The Morgan fingerprint density at radius 2 is 2.03 bits per heavy atom. The van der Waals surface area contributed by atoms with Crippen LogP contribution in [0.4, 0.5) is 0 Å². The topological polar surface area (TPSA) is 103 Å². The maximum absolute atomic E-state index is 11.9. The third-order valence-electron chi connectivity index (χ3n) is 4.09.